The summed E-state index contributed by atoms with van der Waals surface area (Å²) in [6.07, 6.45) is -5.13. The van der Waals surface area contributed by atoms with E-state index in [0.717, 1.165) is 5.56 Å². The second-order valence-electron chi connectivity index (χ2n) is 4.39. The van der Waals surface area contributed by atoms with Gasteiger partial charge in [0.25, 0.3) is 0 Å². The van der Waals surface area contributed by atoms with Crippen molar-refractivity contribution in [3.63, 3.8) is 0 Å². The van der Waals surface area contributed by atoms with E-state index in [4.69, 9.17) is 14.2 Å². The van der Waals surface area contributed by atoms with Gasteiger partial charge in [0.1, 0.15) is 0 Å². The molecule has 0 aromatic heterocycles. The molecule has 0 spiro atoms. The number of likely N-dealkylation sites (N-methyl/N-ethyl adjacent to an activating group) is 1. The Labute approximate surface area is 114 Å². The fourth-order valence-electron chi connectivity index (χ4n) is 1.87. The third-order valence-electron chi connectivity index (χ3n) is 2.96. The highest BCUT2D eigenvalue weighted by Gasteiger charge is 2.26. The molecule has 0 saturated heterocycles. The average molecular weight is 291 g/mol. The Balaban J connectivity index is 1.88. The summed E-state index contributed by atoms with van der Waals surface area (Å²) in [7, 11) is 1.72. The quantitative estimate of drug-likeness (QED) is 0.818. The monoisotopic (exact) mass is 291 g/mol. The largest absolute Gasteiger partial charge is 0.454 e. The second-order valence-corrected chi connectivity index (χ2v) is 4.39. The number of halogens is 3. The lowest BCUT2D eigenvalue weighted by Gasteiger charge is -2.17. The summed E-state index contributed by atoms with van der Waals surface area (Å²) in [5, 5.41) is 3.00. The summed E-state index contributed by atoms with van der Waals surface area (Å²) in [4.78, 5) is 0. The molecule has 1 atom stereocenters. The fraction of sp³-hybridized carbons (Fsp3) is 0.538. The van der Waals surface area contributed by atoms with E-state index >= 15 is 0 Å². The smallest absolute Gasteiger partial charge is 0.391 e. The van der Waals surface area contributed by atoms with Crippen molar-refractivity contribution in [2.24, 2.45) is 0 Å². The van der Waals surface area contributed by atoms with E-state index in [1.807, 2.05) is 6.07 Å². The molecule has 7 heteroatoms. The zero-order valence-electron chi connectivity index (χ0n) is 11.0. The van der Waals surface area contributed by atoms with Crippen LogP contribution in [-0.2, 0) is 4.74 Å². The summed E-state index contributed by atoms with van der Waals surface area (Å²) in [6, 6.07) is 5.22. The first-order chi connectivity index (χ1) is 9.49. The van der Waals surface area contributed by atoms with Gasteiger partial charge in [-0.2, -0.15) is 13.2 Å². The minimum Gasteiger partial charge on any atom is -0.454 e. The van der Waals surface area contributed by atoms with Crippen LogP contribution in [0.1, 0.15) is 18.0 Å². The van der Waals surface area contributed by atoms with Crippen molar-refractivity contribution >= 4 is 0 Å². The number of benzene rings is 1. The Hall–Kier alpha value is -1.47. The molecule has 0 aliphatic carbocycles. The molecule has 0 saturated carbocycles. The predicted molar refractivity (Wildman–Crippen MR) is 65.9 cm³/mol. The van der Waals surface area contributed by atoms with E-state index in [2.05, 4.69) is 5.32 Å². The van der Waals surface area contributed by atoms with Crippen molar-refractivity contribution in [3.05, 3.63) is 23.8 Å². The SMILES string of the molecule is CNC(COCCC(F)(F)F)c1ccc2c(c1)OCO2. The van der Waals surface area contributed by atoms with Crippen LogP contribution in [0, 0.1) is 0 Å². The lowest BCUT2D eigenvalue weighted by atomic mass is 10.1. The number of fused-ring (bicyclic) bond motifs is 1. The predicted octanol–water partition coefficient (Wildman–Crippen LogP) is 2.64. The topological polar surface area (TPSA) is 39.7 Å². The Morgan fingerprint density at radius 2 is 2.05 bits per heavy atom. The van der Waals surface area contributed by atoms with Gasteiger partial charge in [-0.1, -0.05) is 6.07 Å². The highest BCUT2D eigenvalue weighted by molar-refractivity contribution is 5.45. The first-order valence-electron chi connectivity index (χ1n) is 6.21. The normalized spacial score (nSPS) is 15.4. The van der Waals surface area contributed by atoms with Gasteiger partial charge in [0.15, 0.2) is 11.5 Å². The van der Waals surface area contributed by atoms with Crippen molar-refractivity contribution in [1.29, 1.82) is 0 Å². The highest BCUT2D eigenvalue weighted by atomic mass is 19.4. The molecule has 1 unspecified atom stereocenters. The molecule has 0 bridgehead atoms. The maximum Gasteiger partial charge on any atom is 0.391 e. The molecule has 1 heterocycles. The third-order valence-corrected chi connectivity index (χ3v) is 2.96. The van der Waals surface area contributed by atoms with Crippen LogP contribution in [0.3, 0.4) is 0 Å². The summed E-state index contributed by atoms with van der Waals surface area (Å²) in [6.45, 7) is 0.00352. The molecule has 0 radical (unpaired) electrons. The summed E-state index contributed by atoms with van der Waals surface area (Å²) in [5.41, 5.74) is 0.878. The first kappa shape index (κ1) is 14.9. The van der Waals surface area contributed by atoms with Crippen molar-refractivity contribution < 1.29 is 27.4 Å². The maximum atomic E-state index is 12.0. The molecule has 0 fully saturated rings. The third kappa shape index (κ3) is 4.01. The van der Waals surface area contributed by atoms with Crippen LogP contribution in [0.15, 0.2) is 18.2 Å². The van der Waals surface area contributed by atoms with Gasteiger partial charge < -0.3 is 19.5 Å². The molecule has 1 aliphatic rings. The number of rotatable bonds is 6. The molecule has 1 aromatic rings. The minimum atomic E-state index is -4.19. The van der Waals surface area contributed by atoms with Gasteiger partial charge in [0, 0.05) is 0 Å². The minimum absolute atomic E-state index is 0.159. The Morgan fingerprint density at radius 3 is 2.75 bits per heavy atom. The van der Waals surface area contributed by atoms with Crippen LogP contribution in [0.4, 0.5) is 13.2 Å². The van der Waals surface area contributed by atoms with Crippen LogP contribution >= 0.6 is 0 Å². The van der Waals surface area contributed by atoms with Crippen molar-refractivity contribution in [2.45, 2.75) is 18.6 Å². The molecule has 1 aromatic carbocycles. The molecule has 0 amide bonds. The summed E-state index contributed by atoms with van der Waals surface area (Å²) in [5.74, 6) is 1.31. The number of alkyl halides is 3. The van der Waals surface area contributed by atoms with E-state index in [1.54, 1.807) is 19.2 Å². The maximum absolute atomic E-state index is 12.0. The first-order valence-corrected chi connectivity index (χ1v) is 6.21. The van der Waals surface area contributed by atoms with Gasteiger partial charge in [-0.15, -0.1) is 0 Å². The van der Waals surface area contributed by atoms with Gasteiger partial charge in [-0.05, 0) is 24.7 Å². The average Bonchev–Trinajstić information content (AvgIpc) is 2.84. The van der Waals surface area contributed by atoms with E-state index in [1.165, 1.54) is 0 Å². The molecular formula is C13H16F3NO3. The number of nitrogens with one attached hydrogen (secondary N) is 1. The second kappa shape index (κ2) is 6.32. The summed E-state index contributed by atoms with van der Waals surface area (Å²) >= 11 is 0. The lowest BCUT2D eigenvalue weighted by molar-refractivity contribution is -0.145. The van der Waals surface area contributed by atoms with E-state index in [9.17, 15) is 13.2 Å². The van der Waals surface area contributed by atoms with Crippen LogP contribution in [0.25, 0.3) is 0 Å². The number of hydrogen-bond donors (Lipinski definition) is 1. The van der Waals surface area contributed by atoms with Crippen LogP contribution < -0.4 is 14.8 Å². The lowest BCUT2D eigenvalue weighted by Crippen LogP contribution is -2.23. The zero-order valence-corrected chi connectivity index (χ0v) is 11.0. The molecule has 1 N–H and O–H groups in total. The van der Waals surface area contributed by atoms with Gasteiger partial charge in [-0.25, -0.2) is 0 Å². The van der Waals surface area contributed by atoms with Gasteiger partial charge in [-0.3, -0.25) is 0 Å². The Kier molecular flexibility index (Phi) is 4.72. The van der Waals surface area contributed by atoms with Gasteiger partial charge in [0.05, 0.1) is 25.7 Å². The van der Waals surface area contributed by atoms with Crippen LogP contribution in [-0.4, -0.2) is 33.2 Å². The van der Waals surface area contributed by atoms with E-state index in [0.29, 0.717) is 11.5 Å². The number of ether oxygens (including phenoxy) is 3. The highest BCUT2D eigenvalue weighted by Crippen LogP contribution is 2.34. The van der Waals surface area contributed by atoms with Crippen LogP contribution in [0.2, 0.25) is 0 Å². The van der Waals surface area contributed by atoms with Crippen LogP contribution in [0.5, 0.6) is 11.5 Å². The zero-order chi connectivity index (χ0) is 14.6. The molecule has 20 heavy (non-hydrogen) atoms. The molecular weight excluding hydrogens is 275 g/mol. The molecule has 112 valence electrons. The summed E-state index contributed by atoms with van der Waals surface area (Å²) < 4.78 is 51.6. The standard InChI is InChI=1S/C13H16F3NO3/c1-17-10(7-18-5-4-13(14,15)16)9-2-3-11-12(6-9)20-8-19-11/h2-3,6,10,17H,4-5,7-8H2,1H3. The van der Waals surface area contributed by atoms with Gasteiger partial charge >= 0.3 is 6.18 Å². The molecule has 4 nitrogen and oxygen atoms in total. The van der Waals surface area contributed by atoms with E-state index < -0.39 is 12.6 Å². The Bertz CT molecular complexity index is 451. The Morgan fingerprint density at radius 1 is 1.30 bits per heavy atom. The molecule has 2 rings (SSSR count). The van der Waals surface area contributed by atoms with Crippen molar-refractivity contribution in [1.82, 2.24) is 5.32 Å². The van der Waals surface area contributed by atoms with Gasteiger partial charge in [0.2, 0.25) is 6.79 Å². The van der Waals surface area contributed by atoms with Crippen molar-refractivity contribution in [2.75, 3.05) is 27.1 Å². The fourth-order valence-corrected chi connectivity index (χ4v) is 1.87. The molecule has 1 aliphatic heterocycles. The van der Waals surface area contributed by atoms with Crippen molar-refractivity contribution in [3.8, 4) is 11.5 Å². The number of hydrogen-bond acceptors (Lipinski definition) is 4. The van der Waals surface area contributed by atoms with E-state index in [-0.39, 0.29) is 26.0 Å².